The number of fused-ring (bicyclic) bond motifs is 1. The first kappa shape index (κ1) is 9.22. The van der Waals surface area contributed by atoms with Gasteiger partial charge in [0, 0.05) is 23.3 Å². The zero-order valence-electron chi connectivity index (χ0n) is 6.35. The van der Waals surface area contributed by atoms with Crippen LogP contribution in [-0.4, -0.2) is 9.38 Å². The number of nitrogens with zero attached hydrogens (tertiary/aromatic N) is 2. The quantitative estimate of drug-likeness (QED) is 0.649. The lowest BCUT2D eigenvalue weighted by molar-refractivity contribution is 1.07. The molecule has 12 heavy (non-hydrogen) atoms. The third-order valence-corrected chi connectivity index (χ3v) is 2.32. The fourth-order valence-electron chi connectivity index (χ4n) is 0.948. The molecule has 2 rings (SSSR count). The Bertz CT molecular complexity index is 448. The van der Waals surface area contributed by atoms with Crippen molar-refractivity contribution in [3.63, 3.8) is 0 Å². The van der Waals surface area contributed by atoms with Crippen molar-refractivity contribution in [3.05, 3.63) is 33.7 Å². The predicted octanol–water partition coefficient (Wildman–Crippen LogP) is 1.49. The first-order chi connectivity index (χ1) is 5.27. The summed E-state index contributed by atoms with van der Waals surface area (Å²) in [4.78, 5) is 17.0. The van der Waals surface area contributed by atoms with E-state index in [0.717, 1.165) is 9.84 Å². The molecule has 0 unspecified atom stereocenters. The first-order valence-electron chi connectivity index (χ1n) is 3.21. The Hall–Kier alpha value is -0.870. The van der Waals surface area contributed by atoms with Crippen molar-refractivity contribution in [3.8, 4) is 0 Å². The minimum Gasteiger partial charge on any atom is -0.269 e. The van der Waals surface area contributed by atoms with Crippen LogP contribution < -0.4 is 5.56 Å². The van der Waals surface area contributed by atoms with Gasteiger partial charge in [0.15, 0.2) is 4.96 Å². The lowest BCUT2D eigenvalue weighted by Gasteiger charge is -1.85. The topological polar surface area (TPSA) is 34.4 Å². The van der Waals surface area contributed by atoms with E-state index in [0.29, 0.717) is 0 Å². The predicted molar refractivity (Wildman–Crippen MR) is 51.3 cm³/mol. The minimum atomic E-state index is -0.0145. The highest BCUT2D eigenvalue weighted by molar-refractivity contribution is 7.16. The third-order valence-electron chi connectivity index (χ3n) is 1.41. The first-order valence-corrected chi connectivity index (χ1v) is 4.03. The van der Waals surface area contributed by atoms with E-state index in [1.54, 1.807) is 10.6 Å². The standard InChI is InChI=1S/C7H6N2OS.ClH/c1-5-4-9-6(10)2-3-8-7(9)11-5;/h2-4H,1H3;1H. The van der Waals surface area contributed by atoms with Gasteiger partial charge in [-0.15, -0.1) is 23.7 Å². The van der Waals surface area contributed by atoms with Gasteiger partial charge in [0.25, 0.3) is 5.56 Å². The summed E-state index contributed by atoms with van der Waals surface area (Å²) in [5.41, 5.74) is -0.0145. The molecule has 0 spiro atoms. The van der Waals surface area contributed by atoms with Gasteiger partial charge < -0.3 is 0 Å². The zero-order valence-corrected chi connectivity index (χ0v) is 7.98. The molecule has 2 aromatic rings. The van der Waals surface area contributed by atoms with Crippen LogP contribution in [0.4, 0.5) is 0 Å². The summed E-state index contributed by atoms with van der Waals surface area (Å²) in [6.45, 7) is 1.96. The molecule has 0 bridgehead atoms. The fraction of sp³-hybridized carbons (Fsp3) is 0.143. The molecule has 5 heteroatoms. The van der Waals surface area contributed by atoms with Gasteiger partial charge >= 0.3 is 0 Å². The summed E-state index contributed by atoms with van der Waals surface area (Å²) in [6, 6.07) is 1.46. The van der Waals surface area contributed by atoms with Gasteiger partial charge in [-0.1, -0.05) is 0 Å². The highest BCUT2D eigenvalue weighted by Gasteiger charge is 1.98. The molecule has 2 aromatic heterocycles. The number of hydrogen-bond acceptors (Lipinski definition) is 3. The van der Waals surface area contributed by atoms with Crippen LogP contribution in [0.5, 0.6) is 0 Å². The summed E-state index contributed by atoms with van der Waals surface area (Å²) in [7, 11) is 0. The molecule has 0 radical (unpaired) electrons. The van der Waals surface area contributed by atoms with E-state index in [2.05, 4.69) is 4.98 Å². The second-order valence-electron chi connectivity index (χ2n) is 2.28. The fourth-order valence-corrected chi connectivity index (χ4v) is 1.75. The number of thiazole rings is 1. The van der Waals surface area contributed by atoms with Gasteiger partial charge in [0.1, 0.15) is 0 Å². The van der Waals surface area contributed by atoms with E-state index < -0.39 is 0 Å². The molecule has 2 heterocycles. The van der Waals surface area contributed by atoms with Gasteiger partial charge in [0.05, 0.1) is 0 Å². The molecule has 0 atom stereocenters. The highest BCUT2D eigenvalue weighted by atomic mass is 35.5. The van der Waals surface area contributed by atoms with Crippen LogP contribution in [0.15, 0.2) is 23.3 Å². The Morgan fingerprint density at radius 1 is 1.58 bits per heavy atom. The van der Waals surface area contributed by atoms with Crippen molar-refractivity contribution in [2.24, 2.45) is 0 Å². The van der Waals surface area contributed by atoms with Crippen molar-refractivity contribution < 1.29 is 0 Å². The van der Waals surface area contributed by atoms with Crippen LogP contribution in [0.1, 0.15) is 4.88 Å². The highest BCUT2D eigenvalue weighted by Crippen LogP contribution is 2.11. The number of aryl methyl sites for hydroxylation is 1. The lowest BCUT2D eigenvalue weighted by atomic mass is 10.6. The number of aromatic nitrogens is 2. The average Bonchev–Trinajstić information content (AvgIpc) is 2.31. The van der Waals surface area contributed by atoms with Gasteiger partial charge in [0.2, 0.25) is 0 Å². The molecule has 0 aliphatic carbocycles. The number of hydrogen-bond donors (Lipinski definition) is 0. The molecule has 0 amide bonds. The maximum absolute atomic E-state index is 11.1. The van der Waals surface area contributed by atoms with Gasteiger partial charge in [-0.25, -0.2) is 4.98 Å². The Morgan fingerprint density at radius 3 is 3.00 bits per heavy atom. The molecule has 3 nitrogen and oxygen atoms in total. The molecule has 0 fully saturated rings. The Morgan fingerprint density at radius 2 is 2.33 bits per heavy atom. The Labute approximate surface area is 79.1 Å². The average molecular weight is 203 g/mol. The zero-order chi connectivity index (χ0) is 7.84. The Kier molecular flexibility index (Phi) is 2.49. The van der Waals surface area contributed by atoms with Crippen molar-refractivity contribution in [1.82, 2.24) is 9.38 Å². The van der Waals surface area contributed by atoms with E-state index in [9.17, 15) is 4.79 Å². The van der Waals surface area contributed by atoms with Gasteiger partial charge in [-0.3, -0.25) is 9.20 Å². The second-order valence-corrected chi connectivity index (χ2v) is 3.49. The maximum atomic E-state index is 11.1. The monoisotopic (exact) mass is 202 g/mol. The van der Waals surface area contributed by atoms with Crippen LogP contribution in [0.2, 0.25) is 0 Å². The molecule has 0 saturated heterocycles. The minimum absolute atomic E-state index is 0. The van der Waals surface area contributed by atoms with Crippen molar-refractivity contribution in [2.75, 3.05) is 0 Å². The molecule has 0 aromatic carbocycles. The normalized spacial score (nSPS) is 9.75. The molecule has 0 saturated carbocycles. The number of halogens is 1. The smallest absolute Gasteiger partial charge is 0.258 e. The number of rotatable bonds is 0. The molecule has 64 valence electrons. The second kappa shape index (κ2) is 3.25. The molecule has 0 N–H and O–H groups in total. The third kappa shape index (κ3) is 1.35. The van der Waals surface area contributed by atoms with Gasteiger partial charge in [-0.05, 0) is 6.92 Å². The van der Waals surface area contributed by atoms with E-state index >= 15 is 0 Å². The largest absolute Gasteiger partial charge is 0.269 e. The molecule has 0 aliphatic rings. The summed E-state index contributed by atoms with van der Waals surface area (Å²) < 4.78 is 1.56. The van der Waals surface area contributed by atoms with Crippen LogP contribution in [-0.2, 0) is 0 Å². The van der Waals surface area contributed by atoms with Crippen molar-refractivity contribution in [2.45, 2.75) is 6.92 Å². The van der Waals surface area contributed by atoms with Gasteiger partial charge in [-0.2, -0.15) is 0 Å². The lowest BCUT2D eigenvalue weighted by Crippen LogP contribution is -2.09. The van der Waals surface area contributed by atoms with E-state index in [1.807, 2.05) is 6.92 Å². The molecular weight excluding hydrogens is 196 g/mol. The van der Waals surface area contributed by atoms with Crippen LogP contribution in [0, 0.1) is 6.92 Å². The van der Waals surface area contributed by atoms with Crippen LogP contribution in [0.3, 0.4) is 0 Å². The van der Waals surface area contributed by atoms with Crippen LogP contribution >= 0.6 is 23.7 Å². The van der Waals surface area contributed by atoms with Crippen molar-refractivity contribution >= 4 is 28.7 Å². The van der Waals surface area contributed by atoms with E-state index in [1.165, 1.54) is 23.6 Å². The maximum Gasteiger partial charge on any atom is 0.258 e. The Balaban J connectivity index is 0.000000720. The van der Waals surface area contributed by atoms with E-state index in [-0.39, 0.29) is 18.0 Å². The molecular formula is C7H7ClN2OS. The van der Waals surface area contributed by atoms with Crippen molar-refractivity contribution in [1.29, 1.82) is 0 Å². The molecule has 0 aliphatic heterocycles. The summed E-state index contributed by atoms with van der Waals surface area (Å²) in [6.07, 6.45) is 3.34. The summed E-state index contributed by atoms with van der Waals surface area (Å²) in [5, 5.41) is 0. The van der Waals surface area contributed by atoms with Crippen LogP contribution in [0.25, 0.3) is 4.96 Å². The summed E-state index contributed by atoms with van der Waals surface area (Å²) >= 11 is 1.52. The SMILES string of the molecule is Cc1cn2c(=O)ccnc2s1.Cl. The summed E-state index contributed by atoms with van der Waals surface area (Å²) in [5.74, 6) is 0. The van der Waals surface area contributed by atoms with E-state index in [4.69, 9.17) is 0 Å².